The van der Waals surface area contributed by atoms with Gasteiger partial charge in [-0.3, -0.25) is 9.59 Å². The normalized spacial score (nSPS) is 31.6. The molecule has 0 spiro atoms. The first-order chi connectivity index (χ1) is 32.8. The molecule has 10 atom stereocenters. The number of carbonyl (C=O) groups is 4. The van der Waals surface area contributed by atoms with Crippen molar-refractivity contribution in [3.8, 4) is 0 Å². The zero-order chi connectivity index (χ0) is 49.3. The van der Waals surface area contributed by atoms with Gasteiger partial charge in [0, 0.05) is 38.0 Å². The van der Waals surface area contributed by atoms with Gasteiger partial charge in [0.15, 0.2) is 0 Å². The number of carbonyl (C=O) groups excluding carboxylic acids is 4. The summed E-state index contributed by atoms with van der Waals surface area (Å²) < 4.78 is 37.2. The largest absolute Gasteiger partial charge is 0.482 e. The highest BCUT2D eigenvalue weighted by Gasteiger charge is 2.69. The average Bonchev–Trinajstić information content (AvgIpc) is 3.85. The summed E-state index contributed by atoms with van der Waals surface area (Å²) in [4.78, 5) is 48.0. The van der Waals surface area contributed by atoms with Gasteiger partial charge in [-0.15, -0.1) is 0 Å². The maximum absolute atomic E-state index is 12.7. The fourth-order valence-corrected chi connectivity index (χ4v) is 12.2. The Morgan fingerprint density at radius 2 is 1.14 bits per heavy atom. The summed E-state index contributed by atoms with van der Waals surface area (Å²) in [5.41, 5.74) is 2.23. The average molecular weight is 969 g/mol. The molecule has 0 radical (unpaired) electrons. The number of benzene rings is 2. The fraction of sp³-hybridized carbons (Fsp3) is 0.615. The molecule has 4 heterocycles. The Bertz CT molecular complexity index is 2180. The quantitative estimate of drug-likeness (QED) is 0.102. The molecule has 372 valence electrons. The summed E-state index contributed by atoms with van der Waals surface area (Å²) in [6.45, 7) is 24.0. The topological polar surface area (TPSA) is 163 Å². The molecule has 12 rings (SSSR count). The number of nitrogens with zero attached hydrogens (tertiary/aromatic N) is 1. The Balaban J connectivity index is 0.000000171. The number of ether oxygens (including phenoxy) is 2. The van der Waals surface area contributed by atoms with Crippen LogP contribution in [0.15, 0.2) is 86.0 Å². The van der Waals surface area contributed by atoms with Gasteiger partial charge in [-0.25, -0.2) is 9.59 Å². The third kappa shape index (κ3) is 11.2. The minimum Gasteiger partial charge on any atom is -0.449 e. The van der Waals surface area contributed by atoms with Crippen LogP contribution in [0.4, 0.5) is 9.59 Å². The van der Waals surface area contributed by atoms with Crippen LogP contribution in [-0.2, 0) is 50.5 Å². The zero-order valence-corrected chi connectivity index (χ0v) is 41.9. The van der Waals surface area contributed by atoms with Crippen LogP contribution < -0.4 is 16.0 Å². The smallest absolute Gasteiger partial charge is 0.449 e. The van der Waals surface area contributed by atoms with Crippen molar-refractivity contribution in [2.75, 3.05) is 39.4 Å². The van der Waals surface area contributed by atoms with E-state index >= 15 is 0 Å². The first-order valence-electron chi connectivity index (χ1n) is 24.9. The second-order valence-electron chi connectivity index (χ2n) is 22.3. The number of rotatable bonds is 14. The Morgan fingerprint density at radius 1 is 0.725 bits per heavy atom. The molecule has 69 heavy (non-hydrogen) atoms. The molecule has 0 unspecified atom stereocenters. The number of likely N-dealkylation sites (tertiary alicyclic amines) is 1. The molecular formula is C52H71B2ClN4O10. The van der Waals surface area contributed by atoms with E-state index in [4.69, 9.17) is 39.7 Å². The summed E-state index contributed by atoms with van der Waals surface area (Å²) >= 11 is 4.71. The van der Waals surface area contributed by atoms with E-state index in [9.17, 15) is 19.2 Å². The maximum Gasteiger partial charge on any atom is 0.482 e. The van der Waals surface area contributed by atoms with Crippen LogP contribution in [0.1, 0.15) is 78.4 Å². The van der Waals surface area contributed by atoms with Crippen molar-refractivity contribution in [2.45, 2.75) is 115 Å². The van der Waals surface area contributed by atoms with Crippen LogP contribution in [0.25, 0.3) is 0 Å². The second kappa shape index (κ2) is 20.9. The second-order valence-corrected chi connectivity index (χ2v) is 22.6. The van der Waals surface area contributed by atoms with Gasteiger partial charge in [0.2, 0.25) is 11.1 Å². The lowest BCUT2D eigenvalue weighted by Gasteiger charge is -2.63. The van der Waals surface area contributed by atoms with E-state index in [2.05, 4.69) is 82.8 Å². The molecular weight excluding hydrogens is 898 g/mol. The molecule has 6 saturated carbocycles. The van der Waals surface area contributed by atoms with E-state index in [1.54, 1.807) is 4.90 Å². The van der Waals surface area contributed by atoms with Crippen LogP contribution in [0.3, 0.4) is 0 Å². The number of halogens is 1. The number of allylic oxidation sites excluding steroid dienone is 1. The molecule has 14 nitrogen and oxygen atoms in total. The summed E-state index contributed by atoms with van der Waals surface area (Å²) in [7, 11) is -0.990. The van der Waals surface area contributed by atoms with Gasteiger partial charge in [-0.1, -0.05) is 102 Å². The molecule has 2 aromatic carbocycles. The molecule has 10 fully saturated rings. The molecule has 4 bridgehead atoms. The highest BCUT2D eigenvalue weighted by atomic mass is 35.5. The van der Waals surface area contributed by atoms with Crippen LogP contribution >= 0.6 is 11.6 Å². The number of alkyl carbamates (subject to hydrolysis) is 2. The van der Waals surface area contributed by atoms with Gasteiger partial charge in [-0.2, -0.15) is 0 Å². The van der Waals surface area contributed by atoms with Gasteiger partial charge >= 0.3 is 26.4 Å². The Kier molecular flexibility index (Phi) is 15.5. The van der Waals surface area contributed by atoms with Gasteiger partial charge in [0.25, 0.3) is 0 Å². The number of amides is 3. The predicted molar refractivity (Wildman–Crippen MR) is 265 cm³/mol. The van der Waals surface area contributed by atoms with Crippen LogP contribution in [0, 0.1) is 46.3 Å². The highest BCUT2D eigenvalue weighted by Crippen LogP contribution is 2.66. The predicted octanol–water partition coefficient (Wildman–Crippen LogP) is 6.98. The van der Waals surface area contributed by atoms with Crippen molar-refractivity contribution in [3.63, 3.8) is 0 Å². The summed E-state index contributed by atoms with van der Waals surface area (Å²) in [5.74, 6) is 2.16. The third-order valence-corrected chi connectivity index (χ3v) is 17.0. The number of hydrogen-bond donors (Lipinski definition) is 3. The first-order valence-corrected chi connectivity index (χ1v) is 25.2. The molecule has 4 aliphatic heterocycles. The van der Waals surface area contributed by atoms with Gasteiger partial charge < -0.3 is 48.9 Å². The summed E-state index contributed by atoms with van der Waals surface area (Å²) in [5, 5.41) is 8.77. The van der Waals surface area contributed by atoms with Crippen molar-refractivity contribution >= 4 is 49.2 Å². The third-order valence-electron chi connectivity index (χ3n) is 16.9. The standard InChI is InChI=1S/C26H35BN2O5.C23H33BN2O4.C3H3ClO/c1-5-22(30)29-14-18(15-29)16-32-24(31)28-21(11-17-9-7-6-8-10-17)27-33-23-20-12-19(25(20,2)3)13-26(23,4)34-27;1-22(2)17-10-18(22)20-23(3,11-17)30-24(29-20)19(9-15-7-5-4-6-8-15)26-21(27)28-14-16-12-25-13-16;1-2-3(4)5/h5-10,18-21,23H,1,11-16H2,2-4H3,(H,28,31);4-8,16-20,25H,9-14H2,1-3H3,(H,26,27);2H,1H2/t19-,20+,21-,23-,26+;17-,18+,19-,20-,23+;/m00./s1. The van der Waals surface area contributed by atoms with Crippen LogP contribution in [0.5, 0.6) is 0 Å². The van der Waals surface area contributed by atoms with Gasteiger partial charge in [-0.05, 0) is 122 Å². The van der Waals surface area contributed by atoms with Crippen molar-refractivity contribution in [1.82, 2.24) is 20.9 Å². The molecule has 10 aliphatic rings. The molecule has 3 amide bonds. The van der Waals surface area contributed by atoms with Crippen molar-refractivity contribution in [2.24, 2.45) is 46.3 Å². The van der Waals surface area contributed by atoms with Gasteiger partial charge in [0.05, 0.1) is 48.5 Å². The molecule has 2 aromatic rings. The SMILES string of the molecule is C=CC(=O)Cl.C=CC(=O)N1CC(COC(=O)N[C@@H](Cc2ccccc2)B2O[C@H]3[C@H]4C[C@@H](C[C@@]3(C)O2)C4(C)C)C1.CC1(C)[C@H]2C[C@@H]1[C@@H]1OB([C@H](Cc3ccccc3)NC(=O)OCC3CNC3)O[C@]1(C)C2. The van der Waals surface area contributed by atoms with Crippen molar-refractivity contribution in [3.05, 3.63) is 97.1 Å². The monoisotopic (exact) mass is 969 g/mol. The number of hydrogen-bond acceptors (Lipinski definition) is 11. The van der Waals surface area contributed by atoms with E-state index in [1.165, 1.54) is 18.9 Å². The lowest BCUT2D eigenvalue weighted by Crippen LogP contribution is -2.63. The van der Waals surface area contributed by atoms with Crippen LogP contribution in [-0.4, -0.2) is 117 Å². The highest BCUT2D eigenvalue weighted by molar-refractivity contribution is 6.66. The number of nitrogens with one attached hydrogen (secondary N) is 3. The fourth-order valence-electron chi connectivity index (χ4n) is 12.2. The molecule has 3 N–H and O–H groups in total. The summed E-state index contributed by atoms with van der Waals surface area (Å²) in [6.07, 6.45) is 7.26. The lowest BCUT2D eigenvalue weighted by atomic mass is 9.45. The maximum atomic E-state index is 12.7. The van der Waals surface area contributed by atoms with Crippen LogP contribution in [0.2, 0.25) is 0 Å². The lowest BCUT2D eigenvalue weighted by molar-refractivity contribution is -0.185. The molecule has 0 aromatic heterocycles. The van der Waals surface area contributed by atoms with E-state index in [-0.39, 0.29) is 65.2 Å². The minimum atomic E-state index is -0.526. The van der Waals surface area contributed by atoms with Gasteiger partial charge in [0.1, 0.15) is 0 Å². The minimum absolute atomic E-state index is 0.0388. The van der Waals surface area contributed by atoms with Crippen molar-refractivity contribution in [1.29, 1.82) is 0 Å². The Hall–Kier alpha value is -4.18. The van der Waals surface area contributed by atoms with E-state index in [1.807, 2.05) is 48.5 Å². The molecule has 6 aliphatic carbocycles. The Morgan fingerprint density at radius 3 is 1.51 bits per heavy atom. The first kappa shape index (κ1) is 51.2. The molecule has 4 saturated heterocycles. The Labute approximate surface area is 413 Å². The summed E-state index contributed by atoms with van der Waals surface area (Å²) in [6, 6.07) is 20.2. The zero-order valence-electron chi connectivity index (χ0n) is 41.2. The van der Waals surface area contributed by atoms with E-state index < -0.39 is 25.6 Å². The van der Waals surface area contributed by atoms with Crippen molar-refractivity contribution < 1.29 is 47.3 Å². The van der Waals surface area contributed by atoms with E-state index in [0.29, 0.717) is 67.5 Å². The molecule has 17 heteroatoms. The van der Waals surface area contributed by atoms with E-state index in [0.717, 1.165) is 43.1 Å².